The van der Waals surface area contributed by atoms with Crippen LogP contribution in [0.15, 0.2) is 28.7 Å². The average Bonchev–Trinajstić information content (AvgIpc) is 2.47. The van der Waals surface area contributed by atoms with Gasteiger partial charge in [-0.1, -0.05) is 34.5 Å². The first-order valence-corrected chi connectivity index (χ1v) is 8.43. The van der Waals surface area contributed by atoms with Gasteiger partial charge < -0.3 is 11.1 Å². The van der Waals surface area contributed by atoms with Gasteiger partial charge in [-0.3, -0.25) is 9.69 Å². The number of carbonyl (C=O) groups excluding carboxylic acids is 1. The number of piperidine rings is 1. The number of hydrogen-bond acceptors (Lipinski definition) is 3. The van der Waals surface area contributed by atoms with Crippen LogP contribution in [0, 0.1) is 0 Å². The molecule has 1 heterocycles. The third kappa shape index (κ3) is 5.41. The summed E-state index contributed by atoms with van der Waals surface area (Å²) in [5, 5.41) is 3.01. The van der Waals surface area contributed by atoms with Crippen molar-refractivity contribution in [2.24, 2.45) is 5.73 Å². The molecule has 1 aliphatic heterocycles. The topological polar surface area (TPSA) is 58.4 Å². The molecule has 5 heteroatoms. The van der Waals surface area contributed by atoms with Crippen LogP contribution in [-0.2, 0) is 11.3 Å². The van der Waals surface area contributed by atoms with Gasteiger partial charge in [0.25, 0.3) is 0 Å². The maximum absolute atomic E-state index is 11.6. The summed E-state index contributed by atoms with van der Waals surface area (Å²) in [5.74, 6) is 0.0606. The van der Waals surface area contributed by atoms with Crippen LogP contribution in [0.5, 0.6) is 0 Å². The number of halogens is 1. The molecule has 3 N–H and O–H groups in total. The lowest BCUT2D eigenvalue weighted by Gasteiger charge is -2.36. The Balaban J connectivity index is 1.90. The summed E-state index contributed by atoms with van der Waals surface area (Å²) in [6.07, 6.45) is 4.04. The van der Waals surface area contributed by atoms with Gasteiger partial charge in [-0.15, -0.1) is 0 Å². The number of likely N-dealkylation sites (tertiary alicyclic amines) is 1. The molecule has 0 aliphatic carbocycles. The van der Waals surface area contributed by atoms with Crippen molar-refractivity contribution in [3.05, 3.63) is 34.3 Å². The van der Waals surface area contributed by atoms with Crippen molar-refractivity contribution >= 4 is 21.8 Å². The lowest BCUT2D eigenvalue weighted by atomic mass is 10.0. The summed E-state index contributed by atoms with van der Waals surface area (Å²) in [4.78, 5) is 14.1. The van der Waals surface area contributed by atoms with Crippen LogP contribution in [0.2, 0.25) is 0 Å². The van der Waals surface area contributed by atoms with E-state index in [1.807, 2.05) is 6.07 Å². The normalized spacial score (nSPS) is 19.4. The highest BCUT2D eigenvalue weighted by atomic mass is 79.9. The van der Waals surface area contributed by atoms with Crippen LogP contribution < -0.4 is 11.1 Å². The second-order valence-electron chi connectivity index (χ2n) is 5.59. The number of amides is 1. The maximum atomic E-state index is 11.6. The van der Waals surface area contributed by atoms with Gasteiger partial charge in [-0.2, -0.15) is 0 Å². The lowest BCUT2D eigenvalue weighted by Crippen LogP contribution is -2.46. The molecule has 2 rings (SSSR count). The first kappa shape index (κ1) is 16.5. The Bertz CT molecular complexity index is 467. The van der Waals surface area contributed by atoms with E-state index in [1.165, 1.54) is 18.4 Å². The van der Waals surface area contributed by atoms with Crippen molar-refractivity contribution in [1.29, 1.82) is 0 Å². The summed E-state index contributed by atoms with van der Waals surface area (Å²) < 4.78 is 1.12. The number of benzene rings is 1. The summed E-state index contributed by atoms with van der Waals surface area (Å²) >= 11 is 3.52. The molecule has 1 saturated heterocycles. The van der Waals surface area contributed by atoms with Crippen LogP contribution in [0.3, 0.4) is 0 Å². The first-order valence-electron chi connectivity index (χ1n) is 7.64. The van der Waals surface area contributed by atoms with Gasteiger partial charge in [-0.25, -0.2) is 0 Å². The van der Waals surface area contributed by atoms with Crippen LogP contribution in [0.25, 0.3) is 0 Å². The third-order valence-electron chi connectivity index (χ3n) is 3.93. The van der Waals surface area contributed by atoms with Crippen molar-refractivity contribution in [3.8, 4) is 0 Å². The van der Waals surface area contributed by atoms with E-state index in [9.17, 15) is 4.79 Å². The summed E-state index contributed by atoms with van der Waals surface area (Å²) in [7, 11) is 0. The molecule has 116 valence electrons. The molecule has 21 heavy (non-hydrogen) atoms. The molecule has 1 aromatic rings. The number of nitrogens with one attached hydrogen (secondary N) is 1. The number of nitrogens with zero attached hydrogens (tertiary/aromatic N) is 1. The molecule has 1 atom stereocenters. The van der Waals surface area contributed by atoms with Gasteiger partial charge in [0.15, 0.2) is 0 Å². The van der Waals surface area contributed by atoms with E-state index in [4.69, 9.17) is 5.73 Å². The predicted molar refractivity (Wildman–Crippen MR) is 88.9 cm³/mol. The van der Waals surface area contributed by atoms with Gasteiger partial charge in [-0.05, 0) is 37.1 Å². The van der Waals surface area contributed by atoms with Crippen LogP contribution in [0.4, 0.5) is 0 Å². The predicted octanol–water partition coefficient (Wildman–Crippen LogP) is 2.27. The molecule has 0 bridgehead atoms. The van der Waals surface area contributed by atoms with Gasteiger partial charge in [0, 0.05) is 36.6 Å². The van der Waals surface area contributed by atoms with Crippen molar-refractivity contribution < 1.29 is 4.79 Å². The van der Waals surface area contributed by atoms with Gasteiger partial charge in [0.2, 0.25) is 5.91 Å². The Kier molecular flexibility index (Phi) is 6.67. The molecular formula is C16H24BrN3O. The van der Waals surface area contributed by atoms with E-state index in [0.29, 0.717) is 19.0 Å². The number of hydrogen-bond donors (Lipinski definition) is 2. The van der Waals surface area contributed by atoms with E-state index >= 15 is 0 Å². The Hall–Kier alpha value is -0.910. The molecule has 1 unspecified atom stereocenters. The molecule has 1 aliphatic rings. The van der Waals surface area contributed by atoms with Crippen LogP contribution in [0.1, 0.15) is 31.2 Å². The fourth-order valence-electron chi connectivity index (χ4n) is 2.82. The lowest BCUT2D eigenvalue weighted by molar-refractivity contribution is -0.121. The average molecular weight is 354 g/mol. The van der Waals surface area contributed by atoms with Crippen LogP contribution in [-0.4, -0.2) is 36.5 Å². The maximum Gasteiger partial charge on any atom is 0.221 e. The number of nitrogens with two attached hydrogens (primary N) is 1. The van der Waals surface area contributed by atoms with Crippen molar-refractivity contribution in [2.45, 2.75) is 38.3 Å². The Morgan fingerprint density at radius 3 is 3.05 bits per heavy atom. The highest BCUT2D eigenvalue weighted by molar-refractivity contribution is 9.10. The van der Waals surface area contributed by atoms with E-state index < -0.39 is 0 Å². The molecule has 0 saturated carbocycles. The second-order valence-corrected chi connectivity index (χ2v) is 6.51. The van der Waals surface area contributed by atoms with E-state index in [2.05, 4.69) is 44.3 Å². The Morgan fingerprint density at radius 1 is 1.43 bits per heavy atom. The highest BCUT2D eigenvalue weighted by Crippen LogP contribution is 2.20. The molecule has 1 aromatic carbocycles. The van der Waals surface area contributed by atoms with Crippen molar-refractivity contribution in [1.82, 2.24) is 10.2 Å². The zero-order chi connectivity index (χ0) is 15.1. The fourth-order valence-corrected chi connectivity index (χ4v) is 3.27. The summed E-state index contributed by atoms with van der Waals surface area (Å²) in [5.41, 5.74) is 6.72. The summed E-state index contributed by atoms with van der Waals surface area (Å²) in [6, 6.07) is 8.87. The summed E-state index contributed by atoms with van der Waals surface area (Å²) in [6.45, 7) is 3.19. The van der Waals surface area contributed by atoms with E-state index in [0.717, 1.165) is 30.5 Å². The Labute approximate surface area is 135 Å². The Morgan fingerprint density at radius 2 is 2.29 bits per heavy atom. The molecule has 0 radical (unpaired) electrons. The SMILES string of the molecule is NCCC(=O)NCC1CCCCN1Cc1cccc(Br)c1. The van der Waals surface area contributed by atoms with Gasteiger partial charge in [0.05, 0.1) is 0 Å². The molecule has 1 fully saturated rings. The zero-order valence-electron chi connectivity index (χ0n) is 12.4. The molecule has 1 amide bonds. The van der Waals surface area contributed by atoms with E-state index in [-0.39, 0.29) is 5.91 Å². The monoisotopic (exact) mass is 353 g/mol. The quantitative estimate of drug-likeness (QED) is 0.824. The van der Waals surface area contributed by atoms with Crippen molar-refractivity contribution in [3.63, 3.8) is 0 Å². The molecule has 0 spiro atoms. The zero-order valence-corrected chi connectivity index (χ0v) is 13.9. The van der Waals surface area contributed by atoms with Gasteiger partial charge >= 0.3 is 0 Å². The van der Waals surface area contributed by atoms with Crippen molar-refractivity contribution in [2.75, 3.05) is 19.6 Å². The molecular weight excluding hydrogens is 330 g/mol. The van der Waals surface area contributed by atoms with Gasteiger partial charge in [0.1, 0.15) is 0 Å². The number of carbonyl (C=O) groups is 1. The molecule has 4 nitrogen and oxygen atoms in total. The third-order valence-corrected chi connectivity index (χ3v) is 4.42. The first-order chi connectivity index (χ1) is 10.2. The smallest absolute Gasteiger partial charge is 0.221 e. The largest absolute Gasteiger partial charge is 0.354 e. The minimum Gasteiger partial charge on any atom is -0.354 e. The highest BCUT2D eigenvalue weighted by Gasteiger charge is 2.22. The number of rotatable bonds is 6. The minimum absolute atomic E-state index is 0.0606. The molecule has 0 aromatic heterocycles. The standard InChI is InChI=1S/C16H24BrN3O/c17-14-5-3-4-13(10-14)12-20-9-2-1-6-15(20)11-19-16(21)7-8-18/h3-5,10,15H,1-2,6-9,11-12,18H2,(H,19,21). The van der Waals surface area contributed by atoms with E-state index in [1.54, 1.807) is 0 Å². The minimum atomic E-state index is 0.0606. The fraction of sp³-hybridized carbons (Fsp3) is 0.562. The second kappa shape index (κ2) is 8.51. The van der Waals surface area contributed by atoms with Crippen LogP contribution >= 0.6 is 15.9 Å².